The molecule has 0 fully saturated rings. The fourth-order valence-electron chi connectivity index (χ4n) is 3.43. The van der Waals surface area contributed by atoms with Crippen LogP contribution in [-0.4, -0.2) is 61.7 Å². The molecule has 0 radical (unpaired) electrons. The zero-order valence-electron chi connectivity index (χ0n) is 18.3. The summed E-state index contributed by atoms with van der Waals surface area (Å²) in [7, 11) is 2.42. The van der Waals surface area contributed by atoms with Crippen LogP contribution < -0.4 is 5.32 Å². The molecule has 170 valence electrons. The zero-order valence-corrected chi connectivity index (χ0v) is 19.2. The summed E-state index contributed by atoms with van der Waals surface area (Å²) < 4.78 is 9.49. The molecule has 1 heterocycles. The third-order valence-corrected chi connectivity index (χ3v) is 6.13. The van der Waals surface area contributed by atoms with Gasteiger partial charge in [-0.15, -0.1) is 0 Å². The molecule has 0 saturated carbocycles. The maximum absolute atomic E-state index is 12.8. The van der Waals surface area contributed by atoms with Crippen molar-refractivity contribution in [2.45, 2.75) is 19.8 Å². The molecule has 0 unspecified atom stereocenters. The fourth-order valence-corrected chi connectivity index (χ4v) is 4.38. The Hall–Kier alpha value is -3.32. The van der Waals surface area contributed by atoms with Gasteiger partial charge >= 0.3 is 11.9 Å². The first-order valence-corrected chi connectivity index (χ1v) is 10.9. The van der Waals surface area contributed by atoms with Gasteiger partial charge in [0, 0.05) is 19.0 Å². The second kappa shape index (κ2) is 11.3. The molecular formula is C22H25N3O6S. The molecule has 0 bridgehead atoms. The number of ether oxygens (including phenoxy) is 2. The van der Waals surface area contributed by atoms with E-state index >= 15 is 0 Å². The number of hydrogen-bond acceptors (Lipinski definition) is 8. The summed E-state index contributed by atoms with van der Waals surface area (Å²) in [6, 6.07) is 8.19. The number of methoxy groups -OCH3 is 2. The second-order valence-corrected chi connectivity index (χ2v) is 7.78. The van der Waals surface area contributed by atoms with Gasteiger partial charge in [0.25, 0.3) is 0 Å². The van der Waals surface area contributed by atoms with Crippen molar-refractivity contribution in [3.8, 4) is 6.07 Å². The summed E-state index contributed by atoms with van der Waals surface area (Å²) in [5, 5.41) is 12.7. The van der Waals surface area contributed by atoms with E-state index in [1.54, 1.807) is 17.0 Å². The SMILES string of the molecule is CCN(CC)C(=O)CSC1=C(C#N)[C@@H](c2ccc(C(=O)OC)cc2)[C@@H](C(=O)OC)C(=O)N1. The lowest BCUT2D eigenvalue weighted by atomic mass is 9.78. The average Bonchev–Trinajstić information content (AvgIpc) is 2.82. The summed E-state index contributed by atoms with van der Waals surface area (Å²) in [6.07, 6.45) is 0. The van der Waals surface area contributed by atoms with Crippen molar-refractivity contribution in [3.05, 3.63) is 46.0 Å². The van der Waals surface area contributed by atoms with Gasteiger partial charge in [-0.1, -0.05) is 23.9 Å². The van der Waals surface area contributed by atoms with E-state index in [9.17, 15) is 24.4 Å². The van der Waals surface area contributed by atoms with Gasteiger partial charge < -0.3 is 19.7 Å². The molecule has 2 atom stereocenters. The van der Waals surface area contributed by atoms with Gasteiger partial charge in [-0.05, 0) is 31.5 Å². The summed E-state index contributed by atoms with van der Waals surface area (Å²) in [5.74, 6) is -4.28. The predicted octanol–water partition coefficient (Wildman–Crippen LogP) is 1.81. The molecule has 9 nitrogen and oxygen atoms in total. The quantitative estimate of drug-likeness (QED) is 0.461. The standard InChI is InChI=1S/C22H25N3O6S/c1-5-25(6-2)16(26)12-32-20-15(11-23)17(18(19(27)24-20)22(29)31-4)13-7-9-14(10-8-13)21(28)30-3/h7-10,17-18H,5-6,12H2,1-4H3,(H,24,27)/t17-,18-/m1/s1. The molecule has 0 aromatic heterocycles. The zero-order chi connectivity index (χ0) is 23.8. The van der Waals surface area contributed by atoms with Crippen LogP contribution in [0.25, 0.3) is 0 Å². The molecule has 1 aliphatic heterocycles. The molecule has 2 amide bonds. The number of nitrogens with one attached hydrogen (secondary N) is 1. The molecule has 1 N–H and O–H groups in total. The first kappa shape index (κ1) is 24.9. The van der Waals surface area contributed by atoms with Crippen molar-refractivity contribution in [1.29, 1.82) is 5.26 Å². The number of allylic oxidation sites excluding steroid dienone is 1. The Morgan fingerprint density at radius 1 is 1.12 bits per heavy atom. The number of benzene rings is 1. The maximum Gasteiger partial charge on any atom is 0.337 e. The lowest BCUT2D eigenvalue weighted by molar-refractivity contribution is -0.150. The highest BCUT2D eigenvalue weighted by Gasteiger charge is 2.44. The van der Waals surface area contributed by atoms with Gasteiger partial charge in [0.15, 0.2) is 0 Å². The topological polar surface area (TPSA) is 126 Å². The van der Waals surface area contributed by atoms with Crippen LogP contribution in [0.1, 0.15) is 35.7 Å². The molecule has 32 heavy (non-hydrogen) atoms. The predicted molar refractivity (Wildman–Crippen MR) is 117 cm³/mol. The molecule has 1 aromatic rings. The number of rotatable bonds is 8. The van der Waals surface area contributed by atoms with Gasteiger partial charge in [0.2, 0.25) is 11.8 Å². The molecule has 0 spiro atoms. The van der Waals surface area contributed by atoms with Crippen LogP contribution in [0.2, 0.25) is 0 Å². The van der Waals surface area contributed by atoms with Crippen molar-refractivity contribution < 1.29 is 28.7 Å². The number of thioether (sulfide) groups is 1. The lowest BCUT2D eigenvalue weighted by Crippen LogP contribution is -2.44. The van der Waals surface area contributed by atoms with E-state index in [0.717, 1.165) is 18.9 Å². The highest BCUT2D eigenvalue weighted by molar-refractivity contribution is 8.03. The minimum atomic E-state index is -1.29. The van der Waals surface area contributed by atoms with Crippen molar-refractivity contribution in [2.75, 3.05) is 33.1 Å². The Labute approximate surface area is 190 Å². The van der Waals surface area contributed by atoms with Crippen LogP contribution in [0.3, 0.4) is 0 Å². The van der Waals surface area contributed by atoms with E-state index in [0.29, 0.717) is 18.7 Å². The van der Waals surface area contributed by atoms with Crippen LogP contribution in [0.4, 0.5) is 0 Å². The number of esters is 2. The molecule has 1 aromatic carbocycles. The van der Waals surface area contributed by atoms with Gasteiger partial charge in [0.05, 0.1) is 42.2 Å². The molecular weight excluding hydrogens is 434 g/mol. The van der Waals surface area contributed by atoms with Crippen LogP contribution in [-0.2, 0) is 23.9 Å². The minimum absolute atomic E-state index is 0.0271. The summed E-state index contributed by atoms with van der Waals surface area (Å²) in [5.41, 5.74) is 0.906. The number of carbonyl (C=O) groups is 4. The summed E-state index contributed by atoms with van der Waals surface area (Å²) in [4.78, 5) is 51.0. The number of nitrogens with zero attached hydrogens (tertiary/aromatic N) is 2. The van der Waals surface area contributed by atoms with Crippen LogP contribution in [0, 0.1) is 17.2 Å². The van der Waals surface area contributed by atoms with Crippen molar-refractivity contribution >= 4 is 35.5 Å². The molecule has 2 rings (SSSR count). The maximum atomic E-state index is 12.8. The molecule has 0 aliphatic carbocycles. The van der Waals surface area contributed by atoms with E-state index in [1.165, 1.54) is 19.2 Å². The Kier molecular flexibility index (Phi) is 8.84. The highest BCUT2D eigenvalue weighted by atomic mass is 32.2. The third-order valence-electron chi connectivity index (χ3n) is 5.13. The van der Waals surface area contributed by atoms with Crippen LogP contribution in [0.15, 0.2) is 34.9 Å². The Morgan fingerprint density at radius 2 is 1.75 bits per heavy atom. The Bertz CT molecular complexity index is 963. The largest absolute Gasteiger partial charge is 0.468 e. The van der Waals surface area contributed by atoms with Crippen molar-refractivity contribution in [1.82, 2.24) is 10.2 Å². The monoisotopic (exact) mass is 459 g/mol. The Balaban J connectivity index is 2.48. The van der Waals surface area contributed by atoms with Gasteiger partial charge in [-0.25, -0.2) is 4.79 Å². The van der Waals surface area contributed by atoms with E-state index in [2.05, 4.69) is 16.1 Å². The van der Waals surface area contributed by atoms with Crippen molar-refractivity contribution in [3.63, 3.8) is 0 Å². The molecule has 10 heteroatoms. The Morgan fingerprint density at radius 3 is 2.25 bits per heavy atom. The van der Waals surface area contributed by atoms with E-state index in [4.69, 9.17) is 4.74 Å². The number of nitriles is 1. The summed E-state index contributed by atoms with van der Waals surface area (Å²) in [6.45, 7) is 4.82. The number of hydrogen-bond donors (Lipinski definition) is 1. The lowest BCUT2D eigenvalue weighted by Gasteiger charge is -2.31. The molecule has 0 saturated heterocycles. The van der Waals surface area contributed by atoms with Crippen LogP contribution in [0.5, 0.6) is 0 Å². The van der Waals surface area contributed by atoms with E-state index < -0.39 is 29.7 Å². The number of amides is 2. The normalized spacial score (nSPS) is 17.8. The molecule has 1 aliphatic rings. The fraction of sp³-hybridized carbons (Fsp3) is 0.409. The van der Waals surface area contributed by atoms with Crippen LogP contribution >= 0.6 is 11.8 Å². The van der Waals surface area contributed by atoms with E-state index in [1.807, 2.05) is 13.8 Å². The average molecular weight is 460 g/mol. The van der Waals surface area contributed by atoms with E-state index in [-0.39, 0.29) is 27.8 Å². The summed E-state index contributed by atoms with van der Waals surface area (Å²) >= 11 is 1.04. The first-order valence-electron chi connectivity index (χ1n) is 9.94. The number of carbonyl (C=O) groups excluding carboxylic acids is 4. The smallest absolute Gasteiger partial charge is 0.337 e. The minimum Gasteiger partial charge on any atom is -0.468 e. The van der Waals surface area contributed by atoms with Gasteiger partial charge in [-0.3, -0.25) is 14.4 Å². The van der Waals surface area contributed by atoms with Crippen molar-refractivity contribution in [2.24, 2.45) is 5.92 Å². The second-order valence-electron chi connectivity index (χ2n) is 6.79. The highest BCUT2D eigenvalue weighted by Crippen LogP contribution is 2.40. The van der Waals surface area contributed by atoms with Gasteiger partial charge in [-0.2, -0.15) is 5.26 Å². The van der Waals surface area contributed by atoms with Gasteiger partial charge in [0.1, 0.15) is 5.92 Å². The first-order chi connectivity index (χ1) is 15.3. The third kappa shape index (κ3) is 5.29.